The molecule has 88 valence electrons. The second-order valence-corrected chi connectivity index (χ2v) is 5.95. The maximum Gasteiger partial charge on any atom is 0.0410 e. The minimum atomic E-state index is 0.559. The first kappa shape index (κ1) is 12.1. The van der Waals surface area contributed by atoms with Gasteiger partial charge < -0.3 is 10.6 Å². The van der Waals surface area contributed by atoms with Crippen molar-refractivity contribution >= 4 is 29.1 Å². The van der Waals surface area contributed by atoms with Crippen molar-refractivity contribution in [2.45, 2.75) is 12.2 Å². The molecule has 0 aliphatic carbocycles. The van der Waals surface area contributed by atoms with E-state index in [2.05, 4.69) is 17.9 Å². The summed E-state index contributed by atoms with van der Waals surface area (Å²) >= 11 is 7.95. The predicted octanol–water partition coefficient (Wildman–Crippen LogP) is 2.53. The summed E-state index contributed by atoms with van der Waals surface area (Å²) < 4.78 is 0. The van der Waals surface area contributed by atoms with Crippen molar-refractivity contribution in [1.29, 1.82) is 0 Å². The molecule has 2 nitrogen and oxygen atoms in total. The third-order valence-corrected chi connectivity index (χ3v) is 4.37. The molecule has 1 fully saturated rings. The van der Waals surface area contributed by atoms with Gasteiger partial charge in [-0.05, 0) is 30.7 Å². The van der Waals surface area contributed by atoms with E-state index in [1.54, 1.807) is 0 Å². The van der Waals surface area contributed by atoms with E-state index in [1.165, 1.54) is 11.3 Å². The summed E-state index contributed by atoms with van der Waals surface area (Å²) in [6, 6.07) is 6.10. The number of rotatable bonds is 2. The van der Waals surface area contributed by atoms with Gasteiger partial charge in [0.25, 0.3) is 0 Å². The van der Waals surface area contributed by atoms with Gasteiger partial charge >= 0.3 is 0 Å². The molecule has 1 heterocycles. The van der Waals surface area contributed by atoms with Crippen molar-refractivity contribution in [3.8, 4) is 0 Å². The molecule has 0 amide bonds. The van der Waals surface area contributed by atoms with Gasteiger partial charge in [-0.15, -0.1) is 0 Å². The lowest BCUT2D eigenvalue weighted by atomic mass is 10.1. The average Bonchev–Trinajstić information content (AvgIpc) is 2.29. The van der Waals surface area contributed by atoms with Crippen LogP contribution in [0.5, 0.6) is 0 Å². The maximum atomic E-state index is 5.97. The van der Waals surface area contributed by atoms with E-state index < -0.39 is 0 Å². The second-order valence-electron chi connectivity index (χ2n) is 4.11. The molecule has 0 radical (unpaired) electrons. The molecule has 1 aromatic carbocycles. The zero-order chi connectivity index (χ0) is 11.5. The standard InChI is InChI=1S/C12H17ClN2S/c1-9-6-10(13)2-3-12(9)15-4-5-16-11(7-14)8-15/h2-3,6,11H,4-5,7-8,14H2,1H3. The van der Waals surface area contributed by atoms with E-state index in [9.17, 15) is 0 Å². The first-order chi connectivity index (χ1) is 7.70. The third-order valence-electron chi connectivity index (χ3n) is 2.90. The molecule has 1 unspecified atom stereocenters. The van der Waals surface area contributed by atoms with Crippen molar-refractivity contribution in [2.75, 3.05) is 30.3 Å². The summed E-state index contributed by atoms with van der Waals surface area (Å²) in [6.45, 7) is 5.02. The summed E-state index contributed by atoms with van der Waals surface area (Å²) in [6.07, 6.45) is 0. The lowest BCUT2D eigenvalue weighted by Crippen LogP contribution is -2.41. The van der Waals surface area contributed by atoms with E-state index in [0.29, 0.717) is 5.25 Å². The predicted molar refractivity (Wildman–Crippen MR) is 73.7 cm³/mol. The van der Waals surface area contributed by atoms with Gasteiger partial charge in [0.15, 0.2) is 0 Å². The highest BCUT2D eigenvalue weighted by molar-refractivity contribution is 8.00. The molecule has 2 N–H and O–H groups in total. The molecule has 1 atom stereocenters. The van der Waals surface area contributed by atoms with Crippen molar-refractivity contribution < 1.29 is 0 Å². The molecule has 0 saturated carbocycles. The van der Waals surface area contributed by atoms with E-state index in [0.717, 1.165) is 30.4 Å². The molecule has 1 aromatic rings. The Bertz CT molecular complexity index is 370. The highest BCUT2D eigenvalue weighted by Gasteiger charge is 2.20. The molecular formula is C12H17ClN2S. The van der Waals surface area contributed by atoms with Crippen molar-refractivity contribution in [1.82, 2.24) is 0 Å². The topological polar surface area (TPSA) is 29.3 Å². The molecule has 1 aliphatic rings. The van der Waals surface area contributed by atoms with Crippen LogP contribution in [-0.2, 0) is 0 Å². The van der Waals surface area contributed by atoms with Crippen LogP contribution in [-0.4, -0.2) is 30.6 Å². The number of anilines is 1. The molecule has 0 spiro atoms. The zero-order valence-corrected chi connectivity index (χ0v) is 11.0. The van der Waals surface area contributed by atoms with Crippen LogP contribution in [0.2, 0.25) is 5.02 Å². The van der Waals surface area contributed by atoms with Crippen molar-refractivity contribution in [2.24, 2.45) is 5.73 Å². The van der Waals surface area contributed by atoms with Crippen LogP contribution in [0, 0.1) is 6.92 Å². The smallest absolute Gasteiger partial charge is 0.0410 e. The Morgan fingerprint density at radius 1 is 1.56 bits per heavy atom. The van der Waals surface area contributed by atoms with Crippen molar-refractivity contribution in [3.63, 3.8) is 0 Å². The monoisotopic (exact) mass is 256 g/mol. The molecule has 1 aliphatic heterocycles. The Balaban J connectivity index is 2.16. The van der Waals surface area contributed by atoms with Gasteiger partial charge in [0.2, 0.25) is 0 Å². The van der Waals surface area contributed by atoms with Crippen molar-refractivity contribution in [3.05, 3.63) is 28.8 Å². The maximum absolute atomic E-state index is 5.97. The molecule has 0 bridgehead atoms. The summed E-state index contributed by atoms with van der Waals surface area (Å²) in [7, 11) is 0. The summed E-state index contributed by atoms with van der Waals surface area (Å²) in [5.41, 5.74) is 8.28. The number of nitrogens with zero attached hydrogens (tertiary/aromatic N) is 1. The second kappa shape index (κ2) is 5.30. The Morgan fingerprint density at radius 3 is 3.06 bits per heavy atom. The molecule has 16 heavy (non-hydrogen) atoms. The Labute approximate surface area is 106 Å². The molecule has 4 heteroatoms. The number of halogens is 1. The molecule has 2 rings (SSSR count). The van der Waals surface area contributed by atoms with Crippen LogP contribution < -0.4 is 10.6 Å². The van der Waals surface area contributed by atoms with E-state index >= 15 is 0 Å². The quantitative estimate of drug-likeness (QED) is 0.882. The first-order valence-electron chi connectivity index (χ1n) is 5.53. The number of aryl methyl sites for hydroxylation is 1. The minimum absolute atomic E-state index is 0.559. The fourth-order valence-corrected chi connectivity index (χ4v) is 3.36. The Morgan fingerprint density at radius 2 is 2.38 bits per heavy atom. The van der Waals surface area contributed by atoms with Gasteiger partial charge in [-0.3, -0.25) is 0 Å². The van der Waals surface area contributed by atoms with Gasteiger partial charge in [0.1, 0.15) is 0 Å². The van der Waals surface area contributed by atoms with Gasteiger partial charge in [-0.1, -0.05) is 11.6 Å². The SMILES string of the molecule is Cc1cc(Cl)ccc1N1CCSC(CN)C1. The van der Waals surface area contributed by atoms with Crippen LogP contribution in [0.15, 0.2) is 18.2 Å². The molecule has 0 aromatic heterocycles. The zero-order valence-electron chi connectivity index (χ0n) is 9.45. The highest BCUT2D eigenvalue weighted by Crippen LogP contribution is 2.28. The van der Waals surface area contributed by atoms with Crippen LogP contribution in [0.1, 0.15) is 5.56 Å². The number of hydrogen-bond acceptors (Lipinski definition) is 3. The summed E-state index contributed by atoms with van der Waals surface area (Å²) in [5.74, 6) is 1.16. The van der Waals surface area contributed by atoms with Crippen LogP contribution >= 0.6 is 23.4 Å². The lowest BCUT2D eigenvalue weighted by molar-refractivity contribution is 0.747. The van der Waals surface area contributed by atoms with Gasteiger partial charge in [0, 0.05) is 41.3 Å². The summed E-state index contributed by atoms with van der Waals surface area (Å²) in [5, 5.41) is 1.37. The van der Waals surface area contributed by atoms with Crippen LogP contribution in [0.25, 0.3) is 0 Å². The number of hydrogen-bond donors (Lipinski definition) is 1. The van der Waals surface area contributed by atoms with E-state index in [1.807, 2.05) is 23.9 Å². The first-order valence-corrected chi connectivity index (χ1v) is 6.96. The highest BCUT2D eigenvalue weighted by atomic mass is 35.5. The minimum Gasteiger partial charge on any atom is -0.369 e. The average molecular weight is 257 g/mol. The fraction of sp³-hybridized carbons (Fsp3) is 0.500. The lowest BCUT2D eigenvalue weighted by Gasteiger charge is -2.34. The normalized spacial score (nSPS) is 21.2. The third kappa shape index (κ3) is 2.65. The molecular weight excluding hydrogens is 240 g/mol. The van der Waals surface area contributed by atoms with Crippen LogP contribution in [0.3, 0.4) is 0 Å². The number of thioether (sulfide) groups is 1. The number of benzene rings is 1. The Kier molecular flexibility index (Phi) is 4.00. The summed E-state index contributed by atoms with van der Waals surface area (Å²) in [4.78, 5) is 2.42. The van der Waals surface area contributed by atoms with Gasteiger partial charge in [-0.25, -0.2) is 0 Å². The van der Waals surface area contributed by atoms with E-state index in [-0.39, 0.29) is 0 Å². The molecule has 1 saturated heterocycles. The number of nitrogens with two attached hydrogens (primary N) is 1. The largest absolute Gasteiger partial charge is 0.369 e. The van der Waals surface area contributed by atoms with Crippen LogP contribution in [0.4, 0.5) is 5.69 Å². The van der Waals surface area contributed by atoms with E-state index in [4.69, 9.17) is 17.3 Å². The fourth-order valence-electron chi connectivity index (χ4n) is 2.05. The van der Waals surface area contributed by atoms with Gasteiger partial charge in [-0.2, -0.15) is 11.8 Å². The Hall–Kier alpha value is -0.380. The van der Waals surface area contributed by atoms with Gasteiger partial charge in [0.05, 0.1) is 0 Å².